The van der Waals surface area contributed by atoms with Crippen LogP contribution in [-0.4, -0.2) is 48.4 Å². The summed E-state index contributed by atoms with van der Waals surface area (Å²) < 4.78 is 11.7. The van der Waals surface area contributed by atoms with Crippen LogP contribution >= 0.6 is 11.3 Å². The van der Waals surface area contributed by atoms with E-state index in [4.69, 9.17) is 9.47 Å². The third-order valence-electron chi connectivity index (χ3n) is 7.61. The molecule has 2 heterocycles. The van der Waals surface area contributed by atoms with E-state index in [0.29, 0.717) is 23.1 Å². The topological polar surface area (TPSA) is 76.1 Å². The Bertz CT molecular complexity index is 978. The van der Waals surface area contributed by atoms with Gasteiger partial charge in [0.2, 0.25) is 5.91 Å². The molecule has 2 saturated carbocycles. The van der Waals surface area contributed by atoms with Crippen molar-refractivity contribution in [2.45, 2.75) is 104 Å². The first-order valence-corrected chi connectivity index (χ1v) is 14.4. The fourth-order valence-corrected chi connectivity index (χ4v) is 6.40. The summed E-state index contributed by atoms with van der Waals surface area (Å²) in [7, 11) is 0. The standard InChI is InChI=1S/C29H41NO5S/c1-19-5-7-20(8-6-19)27(31)30(21-9-11-22(12-10-21)35-23-14-16-34-18-23)25-17-24(13-15-29(2,3)4)36-26(25)28(32)33/h17,19-23H,5-12,14,16,18H2,1-4H3,(H,32,33)/t19?,20?,21?,22?,23-/m0/s1. The molecule has 1 aromatic heterocycles. The average molecular weight is 516 g/mol. The van der Waals surface area contributed by atoms with Gasteiger partial charge in [0.25, 0.3) is 0 Å². The summed E-state index contributed by atoms with van der Waals surface area (Å²) in [6.45, 7) is 9.77. The van der Waals surface area contributed by atoms with Gasteiger partial charge in [-0.1, -0.05) is 18.8 Å². The Morgan fingerprint density at radius 1 is 1.06 bits per heavy atom. The van der Waals surface area contributed by atoms with E-state index in [1.807, 2.05) is 31.7 Å². The van der Waals surface area contributed by atoms with Crippen LogP contribution in [0.15, 0.2) is 6.07 Å². The molecule has 1 atom stereocenters. The first-order chi connectivity index (χ1) is 17.1. The molecule has 4 rings (SSSR count). The molecule has 1 N–H and O–H groups in total. The number of anilines is 1. The molecule has 1 saturated heterocycles. The fraction of sp³-hybridized carbons (Fsp3) is 0.724. The van der Waals surface area contributed by atoms with Gasteiger partial charge in [0.1, 0.15) is 4.88 Å². The van der Waals surface area contributed by atoms with Crippen LogP contribution < -0.4 is 4.90 Å². The van der Waals surface area contributed by atoms with Crippen molar-refractivity contribution in [3.05, 3.63) is 15.8 Å². The lowest BCUT2D eigenvalue weighted by molar-refractivity contribution is -0.124. The van der Waals surface area contributed by atoms with Crippen LogP contribution in [0.1, 0.15) is 100 Å². The normalized spacial score (nSPS) is 28.8. The van der Waals surface area contributed by atoms with E-state index in [0.717, 1.165) is 64.4 Å². The second-order valence-electron chi connectivity index (χ2n) is 11.8. The van der Waals surface area contributed by atoms with Crippen LogP contribution in [0.2, 0.25) is 0 Å². The number of carbonyl (C=O) groups is 2. The number of carbonyl (C=O) groups excluding carboxylic acids is 1. The van der Waals surface area contributed by atoms with Crippen LogP contribution in [0.25, 0.3) is 0 Å². The SMILES string of the molecule is CC1CCC(C(=O)N(c2cc(C#CC(C)(C)C)sc2C(=O)O)C2CCC(O[C@H]3CCOC3)CC2)CC1. The Hall–Kier alpha value is -1.88. The molecule has 0 spiro atoms. The average Bonchev–Trinajstić information content (AvgIpc) is 3.49. The monoisotopic (exact) mass is 515 g/mol. The molecule has 0 aromatic carbocycles. The van der Waals surface area contributed by atoms with Gasteiger partial charge in [-0.05, 0) is 90.5 Å². The van der Waals surface area contributed by atoms with Crippen molar-refractivity contribution in [3.63, 3.8) is 0 Å². The van der Waals surface area contributed by atoms with Crippen LogP contribution in [-0.2, 0) is 14.3 Å². The molecular formula is C29H41NO5S. The van der Waals surface area contributed by atoms with Crippen LogP contribution in [0.4, 0.5) is 5.69 Å². The molecule has 0 radical (unpaired) electrons. The molecule has 198 valence electrons. The largest absolute Gasteiger partial charge is 0.477 e. The lowest BCUT2D eigenvalue weighted by atomic mass is 9.81. The minimum atomic E-state index is -0.993. The quantitative estimate of drug-likeness (QED) is 0.462. The van der Waals surface area contributed by atoms with Crippen molar-refractivity contribution in [2.75, 3.05) is 18.1 Å². The van der Waals surface area contributed by atoms with Gasteiger partial charge in [-0.3, -0.25) is 4.79 Å². The van der Waals surface area contributed by atoms with Crippen molar-refractivity contribution in [1.29, 1.82) is 0 Å². The molecular weight excluding hydrogens is 474 g/mol. The van der Waals surface area contributed by atoms with Gasteiger partial charge in [-0.25, -0.2) is 4.79 Å². The van der Waals surface area contributed by atoms with Crippen LogP contribution in [0.5, 0.6) is 0 Å². The minimum absolute atomic E-state index is 0.0207. The number of rotatable bonds is 6. The first kappa shape index (κ1) is 27.2. The van der Waals surface area contributed by atoms with E-state index in [-0.39, 0.29) is 40.4 Å². The lowest BCUT2D eigenvalue weighted by Crippen LogP contribution is -2.47. The molecule has 2 aliphatic carbocycles. The molecule has 1 aliphatic heterocycles. The van der Waals surface area contributed by atoms with Gasteiger partial charge < -0.3 is 19.5 Å². The maximum Gasteiger partial charge on any atom is 0.348 e. The number of carboxylic acids is 1. The zero-order chi connectivity index (χ0) is 25.9. The second-order valence-corrected chi connectivity index (χ2v) is 12.9. The summed E-state index contributed by atoms with van der Waals surface area (Å²) in [4.78, 5) is 29.1. The van der Waals surface area contributed by atoms with Crippen LogP contribution in [0.3, 0.4) is 0 Å². The van der Waals surface area contributed by atoms with Gasteiger partial charge in [0.05, 0.1) is 29.4 Å². The van der Waals surface area contributed by atoms with E-state index in [9.17, 15) is 14.7 Å². The van der Waals surface area contributed by atoms with Gasteiger partial charge in [0.15, 0.2) is 0 Å². The number of nitrogens with zero attached hydrogens (tertiary/aromatic N) is 1. The van der Waals surface area contributed by atoms with Gasteiger partial charge in [-0.2, -0.15) is 0 Å². The van der Waals surface area contributed by atoms with Crippen molar-refractivity contribution in [1.82, 2.24) is 0 Å². The molecule has 0 unspecified atom stereocenters. The molecule has 6 nitrogen and oxygen atoms in total. The first-order valence-electron chi connectivity index (χ1n) is 13.6. The lowest BCUT2D eigenvalue weighted by Gasteiger charge is -2.39. The van der Waals surface area contributed by atoms with E-state index in [2.05, 4.69) is 18.8 Å². The number of aromatic carboxylic acids is 1. The summed E-state index contributed by atoms with van der Waals surface area (Å²) in [5.41, 5.74) is 0.341. The highest BCUT2D eigenvalue weighted by Gasteiger charge is 2.38. The third-order valence-corrected chi connectivity index (χ3v) is 8.64. The minimum Gasteiger partial charge on any atom is -0.477 e. The number of amides is 1. The van der Waals surface area contributed by atoms with E-state index in [1.165, 1.54) is 11.3 Å². The van der Waals surface area contributed by atoms with Crippen LogP contribution in [0, 0.1) is 29.1 Å². The molecule has 7 heteroatoms. The summed E-state index contributed by atoms with van der Waals surface area (Å²) in [6, 6.07) is 1.82. The highest BCUT2D eigenvalue weighted by Crippen LogP contribution is 2.39. The highest BCUT2D eigenvalue weighted by molar-refractivity contribution is 7.15. The van der Waals surface area contributed by atoms with Gasteiger partial charge in [0, 0.05) is 24.0 Å². The van der Waals surface area contributed by atoms with E-state index >= 15 is 0 Å². The third kappa shape index (κ3) is 6.90. The Morgan fingerprint density at radius 3 is 2.33 bits per heavy atom. The van der Waals surface area contributed by atoms with E-state index < -0.39 is 5.97 Å². The molecule has 36 heavy (non-hydrogen) atoms. The molecule has 3 fully saturated rings. The number of carboxylic acid groups (broad SMARTS) is 1. The number of hydrogen-bond donors (Lipinski definition) is 1. The number of ether oxygens (including phenoxy) is 2. The smallest absolute Gasteiger partial charge is 0.348 e. The fourth-order valence-electron chi connectivity index (χ4n) is 5.56. The summed E-state index contributed by atoms with van der Waals surface area (Å²) >= 11 is 1.18. The highest BCUT2D eigenvalue weighted by atomic mass is 32.1. The van der Waals surface area contributed by atoms with Crippen molar-refractivity contribution < 1.29 is 24.2 Å². The number of hydrogen-bond acceptors (Lipinski definition) is 5. The zero-order valence-electron chi connectivity index (χ0n) is 22.2. The van der Waals surface area contributed by atoms with Crippen molar-refractivity contribution in [2.24, 2.45) is 17.3 Å². The zero-order valence-corrected chi connectivity index (χ0v) is 23.0. The maximum absolute atomic E-state index is 14.0. The predicted molar refractivity (Wildman–Crippen MR) is 143 cm³/mol. The summed E-state index contributed by atoms with van der Waals surface area (Å²) in [6.07, 6.45) is 8.50. The summed E-state index contributed by atoms with van der Waals surface area (Å²) in [5.74, 6) is 6.07. The Morgan fingerprint density at radius 2 is 1.75 bits per heavy atom. The van der Waals surface area contributed by atoms with E-state index in [1.54, 1.807) is 0 Å². The maximum atomic E-state index is 14.0. The Balaban J connectivity index is 1.60. The Kier molecular flexibility index (Phi) is 8.80. The van der Waals surface area contributed by atoms with Crippen molar-refractivity contribution >= 4 is 28.9 Å². The Labute approximate surface area is 219 Å². The molecule has 1 aromatic rings. The van der Waals surface area contributed by atoms with Gasteiger partial charge >= 0.3 is 5.97 Å². The van der Waals surface area contributed by atoms with Crippen molar-refractivity contribution in [3.8, 4) is 11.8 Å². The predicted octanol–water partition coefficient (Wildman–Crippen LogP) is 6.12. The molecule has 1 amide bonds. The summed E-state index contributed by atoms with van der Waals surface area (Å²) in [5, 5.41) is 10.1. The second kappa shape index (κ2) is 11.7. The number of thiophene rings is 1. The molecule has 3 aliphatic rings. The molecule has 0 bridgehead atoms. The van der Waals surface area contributed by atoms with Gasteiger partial charge in [-0.15, -0.1) is 11.3 Å².